The van der Waals surface area contributed by atoms with Gasteiger partial charge in [-0.1, -0.05) is 45.0 Å². The van der Waals surface area contributed by atoms with Gasteiger partial charge in [0, 0.05) is 48.4 Å². The van der Waals surface area contributed by atoms with Crippen molar-refractivity contribution in [1.29, 1.82) is 0 Å². The molecule has 4 heterocycles. The van der Waals surface area contributed by atoms with E-state index < -0.39 is 17.9 Å². The molecule has 0 saturated heterocycles. The summed E-state index contributed by atoms with van der Waals surface area (Å²) in [5.74, 6) is -0.0473. The highest BCUT2D eigenvalue weighted by Gasteiger charge is 2.39. The van der Waals surface area contributed by atoms with E-state index in [1.54, 1.807) is 43.3 Å². The molecular weight excluding hydrogens is 891 g/mol. The molecule has 16 heteroatoms. The van der Waals surface area contributed by atoms with E-state index in [0.717, 1.165) is 42.6 Å². The molecular formula is C54H59N7O9. The lowest BCUT2D eigenvalue weighted by Gasteiger charge is -2.24. The van der Waals surface area contributed by atoms with Crippen molar-refractivity contribution in [3.63, 3.8) is 0 Å². The molecule has 16 nitrogen and oxygen atoms in total. The Kier molecular flexibility index (Phi) is 13.4. The van der Waals surface area contributed by atoms with E-state index in [0.29, 0.717) is 75.3 Å². The summed E-state index contributed by atoms with van der Waals surface area (Å²) in [6.45, 7) is 7.99. The van der Waals surface area contributed by atoms with Crippen LogP contribution in [-0.4, -0.2) is 86.1 Å². The van der Waals surface area contributed by atoms with E-state index in [9.17, 15) is 24.0 Å². The van der Waals surface area contributed by atoms with Gasteiger partial charge >= 0.3 is 0 Å². The highest BCUT2D eigenvalue weighted by molar-refractivity contribution is 6.12. The Morgan fingerprint density at radius 3 is 2.27 bits per heavy atom. The fourth-order valence-corrected chi connectivity index (χ4v) is 9.55. The monoisotopic (exact) mass is 949 g/mol. The van der Waals surface area contributed by atoms with Crippen LogP contribution in [0.15, 0.2) is 95.1 Å². The lowest BCUT2D eigenvalue weighted by Crippen LogP contribution is -2.45. The van der Waals surface area contributed by atoms with Gasteiger partial charge in [-0.2, -0.15) is 0 Å². The van der Waals surface area contributed by atoms with Crippen LogP contribution in [-0.2, 0) is 34.0 Å². The van der Waals surface area contributed by atoms with Gasteiger partial charge in [0.15, 0.2) is 23.0 Å². The molecule has 4 N–H and O–H groups in total. The summed E-state index contributed by atoms with van der Waals surface area (Å²) in [6, 6.07) is 19.0. The van der Waals surface area contributed by atoms with Crippen LogP contribution < -0.4 is 45.1 Å². The number of rotatable bonds is 15. The fraction of sp³-hybridized carbons (Fsp3) is 0.370. The Hall–Kier alpha value is -7.62. The number of aliphatic imine (C=N–C) groups is 1. The lowest BCUT2D eigenvalue weighted by atomic mass is 9.90. The highest BCUT2D eigenvalue weighted by atomic mass is 16.5. The van der Waals surface area contributed by atoms with Crippen molar-refractivity contribution in [2.24, 2.45) is 10.4 Å². The fourth-order valence-electron chi connectivity index (χ4n) is 9.55. The number of hydrogen-bond acceptors (Lipinski definition) is 11. The van der Waals surface area contributed by atoms with Gasteiger partial charge < -0.3 is 45.1 Å². The number of methoxy groups -OCH3 is 2. The van der Waals surface area contributed by atoms with Crippen LogP contribution in [0.3, 0.4) is 0 Å². The van der Waals surface area contributed by atoms with Crippen LogP contribution >= 0.6 is 0 Å². The minimum Gasteiger partial charge on any atom is -0.493 e. The number of para-hydroxylation sites is 1. The van der Waals surface area contributed by atoms with Crippen LogP contribution in [0, 0.1) is 5.41 Å². The second kappa shape index (κ2) is 19.8. The van der Waals surface area contributed by atoms with E-state index in [4.69, 9.17) is 23.9 Å². The molecule has 0 fully saturated rings. The second-order valence-corrected chi connectivity index (χ2v) is 19.5. The second-order valence-electron chi connectivity index (χ2n) is 19.5. The number of hydrogen-bond donors (Lipinski definition) is 4. The molecule has 4 aromatic carbocycles. The number of nitrogens with zero attached hydrogens (tertiary/aromatic N) is 3. The number of carbonyl (C=O) groups is 5. The zero-order valence-electron chi connectivity index (χ0n) is 40.4. The Bertz CT molecular complexity index is 2860. The summed E-state index contributed by atoms with van der Waals surface area (Å²) >= 11 is 0. The maximum atomic E-state index is 14.1. The molecule has 364 valence electrons. The van der Waals surface area contributed by atoms with Crippen molar-refractivity contribution in [3.8, 4) is 23.0 Å². The number of ether oxygens (including phenoxy) is 4. The van der Waals surface area contributed by atoms with E-state index in [-0.39, 0.29) is 61.4 Å². The number of allylic oxidation sites excluding steroid dienone is 2. The maximum absolute atomic E-state index is 14.1. The minimum absolute atomic E-state index is 0.00943. The van der Waals surface area contributed by atoms with Gasteiger partial charge in [-0.25, -0.2) is 0 Å². The largest absolute Gasteiger partial charge is 0.493 e. The predicted molar refractivity (Wildman–Crippen MR) is 266 cm³/mol. The van der Waals surface area contributed by atoms with Gasteiger partial charge in [0.05, 0.1) is 55.3 Å². The first kappa shape index (κ1) is 47.4. The summed E-state index contributed by atoms with van der Waals surface area (Å²) in [4.78, 5) is 75.4. The first-order valence-electron chi connectivity index (χ1n) is 23.8. The normalized spacial score (nSPS) is 17.9. The van der Waals surface area contributed by atoms with Crippen molar-refractivity contribution in [1.82, 2.24) is 15.5 Å². The van der Waals surface area contributed by atoms with Crippen LogP contribution in [0.4, 0.5) is 22.7 Å². The summed E-state index contributed by atoms with van der Waals surface area (Å²) in [5, 5.41) is 11.7. The first-order chi connectivity index (χ1) is 33.7. The van der Waals surface area contributed by atoms with Gasteiger partial charge in [0.1, 0.15) is 19.3 Å². The molecule has 3 atom stereocenters. The van der Waals surface area contributed by atoms with Gasteiger partial charge in [0.25, 0.3) is 11.8 Å². The number of nitrogens with one attached hydrogen (secondary N) is 4. The summed E-state index contributed by atoms with van der Waals surface area (Å²) in [7, 11) is 3.03. The number of carbonyl (C=O) groups excluding carboxylic acids is 5. The summed E-state index contributed by atoms with van der Waals surface area (Å²) < 4.78 is 24.4. The quantitative estimate of drug-likeness (QED) is 0.0916. The molecule has 0 saturated carbocycles. The molecule has 5 amide bonds. The van der Waals surface area contributed by atoms with E-state index >= 15 is 0 Å². The molecule has 0 aromatic heterocycles. The van der Waals surface area contributed by atoms with Crippen molar-refractivity contribution in [2.75, 3.05) is 42.8 Å². The summed E-state index contributed by atoms with van der Waals surface area (Å²) in [5.41, 5.74) is 7.86. The third-order valence-electron chi connectivity index (χ3n) is 13.2. The Labute approximate surface area is 407 Å². The Morgan fingerprint density at radius 2 is 1.54 bits per heavy atom. The molecule has 1 aliphatic carbocycles. The van der Waals surface area contributed by atoms with Crippen molar-refractivity contribution in [2.45, 2.75) is 97.6 Å². The van der Waals surface area contributed by atoms with Gasteiger partial charge in [-0.15, -0.1) is 0 Å². The average molecular weight is 950 g/mol. The molecule has 70 heavy (non-hydrogen) atoms. The van der Waals surface area contributed by atoms with Crippen LogP contribution in [0.2, 0.25) is 0 Å². The standard InChI is InChI=1S/C54H59N7O9/c1-31(58-50(63)28-57-49(62)15-16-54(2,3)4)51(64)59-36-18-32(29-69-47-24-41-39(22-45(47)67-5)52(65)60-37(26-55-41)20-34-11-7-9-13-43(34)60)17-33(19-36)30-70-48-25-42-40(23-46(48)68-6)53(66)61-38(27-56-42)21-35-12-8-10-14-44(35)61/h7,9-11,13-14,17-19,22-25,27,31,37-38,55H,8,12,15-16,20-21,26,28-30H2,1-6H3,(H,57,62)(H,58,63)(H,59,64)/t31?,37?,38-/m0/s1. The molecule has 0 bridgehead atoms. The smallest absolute Gasteiger partial charge is 0.261 e. The number of amides is 5. The zero-order valence-corrected chi connectivity index (χ0v) is 40.4. The van der Waals surface area contributed by atoms with E-state index in [1.165, 1.54) is 19.8 Å². The topological polar surface area (TPSA) is 189 Å². The van der Waals surface area contributed by atoms with Gasteiger partial charge in [0.2, 0.25) is 17.7 Å². The third-order valence-corrected chi connectivity index (χ3v) is 13.2. The van der Waals surface area contributed by atoms with E-state index in [2.05, 4.69) is 33.4 Å². The maximum Gasteiger partial charge on any atom is 0.261 e. The minimum atomic E-state index is -0.957. The molecule has 2 unspecified atom stereocenters. The third kappa shape index (κ3) is 10.1. The van der Waals surface area contributed by atoms with E-state index in [1.807, 2.05) is 67.1 Å². The number of fused-ring (bicyclic) bond motifs is 7. The molecule has 0 radical (unpaired) electrons. The van der Waals surface area contributed by atoms with Crippen molar-refractivity contribution >= 4 is 58.5 Å². The first-order valence-corrected chi connectivity index (χ1v) is 23.8. The predicted octanol–water partition coefficient (Wildman–Crippen LogP) is 7.78. The molecule has 0 spiro atoms. The van der Waals surface area contributed by atoms with Crippen molar-refractivity contribution in [3.05, 3.63) is 118 Å². The van der Waals surface area contributed by atoms with Crippen LogP contribution in [0.25, 0.3) is 0 Å². The number of benzene rings is 4. The average Bonchev–Trinajstić information content (AvgIpc) is 3.84. The van der Waals surface area contributed by atoms with Gasteiger partial charge in [-0.05, 0) is 109 Å². The Morgan fingerprint density at radius 1 is 0.843 bits per heavy atom. The SMILES string of the molecule is COc1cc2c(cc1OCc1cc(COc3cc4c(cc3OC)C(=O)N3c5ccccc5CC3CN4)cc(NC(=O)C(C)NC(=O)CNC(=O)CCC(C)(C)C)c1)N=C[C@@H]1CC3=C(C=CCC3)N1C2=O. The zero-order chi connectivity index (χ0) is 49.3. The summed E-state index contributed by atoms with van der Waals surface area (Å²) in [6.07, 6.45) is 10.3. The van der Waals surface area contributed by atoms with Gasteiger partial charge in [-0.3, -0.25) is 33.9 Å². The lowest BCUT2D eigenvalue weighted by molar-refractivity contribution is -0.128. The molecule has 4 aromatic rings. The van der Waals surface area contributed by atoms with Crippen LogP contribution in [0.5, 0.6) is 23.0 Å². The van der Waals surface area contributed by atoms with Crippen molar-refractivity contribution < 1.29 is 42.9 Å². The molecule has 5 aliphatic rings. The highest BCUT2D eigenvalue weighted by Crippen LogP contribution is 2.43. The molecule has 4 aliphatic heterocycles. The van der Waals surface area contributed by atoms with Crippen LogP contribution in [0.1, 0.15) is 97.2 Å². The Balaban J connectivity index is 0.942. The molecule has 9 rings (SSSR count). The number of anilines is 3.